The average molecular weight is 239 g/mol. The van der Waals surface area contributed by atoms with Gasteiger partial charge in [-0.2, -0.15) is 0 Å². The first-order valence-electron chi connectivity index (χ1n) is 5.53. The summed E-state index contributed by atoms with van der Waals surface area (Å²) in [6, 6.07) is 0. The minimum absolute atomic E-state index is 0.165. The lowest BCUT2D eigenvalue weighted by molar-refractivity contribution is -0.134. The first-order valence-corrected chi connectivity index (χ1v) is 6.41. The Morgan fingerprint density at radius 1 is 1.75 bits per heavy atom. The minimum Gasteiger partial charge on any atom is -0.340 e. The van der Waals surface area contributed by atoms with Gasteiger partial charge in [-0.3, -0.25) is 4.79 Å². The van der Waals surface area contributed by atoms with Gasteiger partial charge < -0.3 is 10.2 Å². The first-order chi connectivity index (χ1) is 7.68. The fourth-order valence-electron chi connectivity index (χ4n) is 1.95. The summed E-state index contributed by atoms with van der Waals surface area (Å²) in [5.41, 5.74) is 2.87. The Morgan fingerprint density at radius 3 is 3.12 bits per heavy atom. The van der Waals surface area contributed by atoms with Crippen LogP contribution >= 0.6 is 11.3 Å². The van der Waals surface area contributed by atoms with Crippen LogP contribution in [-0.4, -0.2) is 35.9 Å². The maximum Gasteiger partial charge on any atom is 0.227 e. The van der Waals surface area contributed by atoms with E-state index in [2.05, 4.69) is 10.3 Å². The fraction of sp³-hybridized carbons (Fsp3) is 0.636. The Morgan fingerprint density at radius 2 is 2.56 bits per heavy atom. The van der Waals surface area contributed by atoms with E-state index >= 15 is 0 Å². The van der Waals surface area contributed by atoms with Crippen LogP contribution in [0.3, 0.4) is 0 Å². The first kappa shape index (κ1) is 11.5. The molecule has 1 aliphatic rings. The van der Waals surface area contributed by atoms with Crippen molar-refractivity contribution in [3.8, 4) is 0 Å². The molecule has 0 saturated carbocycles. The van der Waals surface area contributed by atoms with Crippen LogP contribution < -0.4 is 5.32 Å². The van der Waals surface area contributed by atoms with Crippen LogP contribution in [0.5, 0.6) is 0 Å². The van der Waals surface area contributed by atoms with Crippen LogP contribution in [0.4, 0.5) is 0 Å². The van der Waals surface area contributed by atoms with Crippen LogP contribution in [0, 0.1) is 12.8 Å². The number of rotatable bonds is 3. The van der Waals surface area contributed by atoms with Crippen molar-refractivity contribution in [2.45, 2.75) is 19.9 Å². The van der Waals surface area contributed by atoms with E-state index in [4.69, 9.17) is 0 Å². The normalized spacial score (nSPS) is 20.0. The molecular formula is C11H17N3OS. The zero-order valence-electron chi connectivity index (χ0n) is 9.69. The molecular weight excluding hydrogens is 222 g/mol. The summed E-state index contributed by atoms with van der Waals surface area (Å²) in [5.74, 6) is 0.413. The number of amides is 1. The third-order valence-electron chi connectivity index (χ3n) is 3.01. The Kier molecular flexibility index (Phi) is 3.56. The highest BCUT2D eigenvalue weighted by Gasteiger charge is 2.25. The van der Waals surface area contributed by atoms with Gasteiger partial charge in [0.05, 0.1) is 23.7 Å². The van der Waals surface area contributed by atoms with Gasteiger partial charge >= 0.3 is 0 Å². The zero-order chi connectivity index (χ0) is 11.5. The minimum atomic E-state index is 0.165. The molecule has 1 amide bonds. The molecule has 1 fully saturated rings. The summed E-state index contributed by atoms with van der Waals surface area (Å²) >= 11 is 1.62. The largest absolute Gasteiger partial charge is 0.340 e. The van der Waals surface area contributed by atoms with Gasteiger partial charge in [-0.05, 0) is 19.9 Å². The summed E-state index contributed by atoms with van der Waals surface area (Å²) < 4.78 is 0. The quantitative estimate of drug-likeness (QED) is 0.856. The standard InChI is InChI=1S/C11H17N3OS/c1-8-10(16-7-13-8)6-14(2)11(15)9-3-4-12-5-9/h7,9,12H,3-6H2,1-2H3. The molecule has 0 aromatic carbocycles. The molecule has 1 aromatic rings. The van der Waals surface area contributed by atoms with Crippen LogP contribution in [0.25, 0.3) is 0 Å². The number of hydrogen-bond donors (Lipinski definition) is 1. The second-order valence-corrected chi connectivity index (χ2v) is 5.18. The van der Waals surface area contributed by atoms with E-state index in [1.54, 1.807) is 11.3 Å². The third kappa shape index (κ3) is 2.41. The van der Waals surface area contributed by atoms with E-state index in [0.717, 1.165) is 25.2 Å². The smallest absolute Gasteiger partial charge is 0.227 e. The van der Waals surface area contributed by atoms with Gasteiger partial charge in [-0.1, -0.05) is 0 Å². The summed E-state index contributed by atoms with van der Waals surface area (Å²) in [5, 5.41) is 3.22. The van der Waals surface area contributed by atoms with Crippen molar-refractivity contribution in [1.82, 2.24) is 15.2 Å². The lowest BCUT2D eigenvalue weighted by Crippen LogP contribution is -2.33. The van der Waals surface area contributed by atoms with Crippen molar-refractivity contribution in [3.05, 3.63) is 16.1 Å². The molecule has 1 aromatic heterocycles. The van der Waals surface area contributed by atoms with Gasteiger partial charge in [0.25, 0.3) is 0 Å². The van der Waals surface area contributed by atoms with Crippen LogP contribution in [-0.2, 0) is 11.3 Å². The van der Waals surface area contributed by atoms with Crippen LogP contribution in [0.2, 0.25) is 0 Å². The van der Waals surface area contributed by atoms with Crippen LogP contribution in [0.15, 0.2) is 5.51 Å². The second-order valence-electron chi connectivity index (χ2n) is 4.24. The molecule has 88 valence electrons. The lowest BCUT2D eigenvalue weighted by Gasteiger charge is -2.20. The monoisotopic (exact) mass is 239 g/mol. The molecule has 2 heterocycles. The van der Waals surface area contributed by atoms with Crippen LogP contribution in [0.1, 0.15) is 17.0 Å². The summed E-state index contributed by atoms with van der Waals surface area (Å²) in [6.45, 7) is 4.46. The third-order valence-corrected chi connectivity index (χ3v) is 3.93. The van der Waals surface area contributed by atoms with Gasteiger partial charge in [0.1, 0.15) is 0 Å². The lowest BCUT2D eigenvalue weighted by atomic mass is 10.1. The molecule has 5 heteroatoms. The highest BCUT2D eigenvalue weighted by molar-refractivity contribution is 7.09. The van der Waals surface area contributed by atoms with Crippen molar-refractivity contribution in [2.24, 2.45) is 5.92 Å². The summed E-state index contributed by atoms with van der Waals surface area (Å²) in [6.07, 6.45) is 0.963. The van der Waals surface area contributed by atoms with Crippen molar-refractivity contribution >= 4 is 17.2 Å². The Balaban J connectivity index is 1.94. The predicted molar refractivity (Wildman–Crippen MR) is 64.3 cm³/mol. The molecule has 0 aliphatic carbocycles. The molecule has 2 rings (SSSR count). The van der Waals surface area contributed by atoms with E-state index in [1.807, 2.05) is 24.4 Å². The van der Waals surface area contributed by atoms with Gasteiger partial charge in [-0.25, -0.2) is 4.98 Å². The Labute approximate surface area is 99.7 Å². The number of aromatic nitrogens is 1. The molecule has 0 spiro atoms. The van der Waals surface area contributed by atoms with Crippen molar-refractivity contribution in [3.63, 3.8) is 0 Å². The van der Waals surface area contributed by atoms with E-state index in [1.165, 1.54) is 4.88 Å². The molecule has 16 heavy (non-hydrogen) atoms. The molecule has 4 nitrogen and oxygen atoms in total. The fourth-order valence-corrected chi connectivity index (χ4v) is 2.78. The Hall–Kier alpha value is -0.940. The molecule has 1 N–H and O–H groups in total. The number of hydrogen-bond acceptors (Lipinski definition) is 4. The Bertz CT molecular complexity index is 371. The predicted octanol–water partition coefficient (Wildman–Crippen LogP) is 1.02. The number of aryl methyl sites for hydroxylation is 1. The van der Waals surface area contributed by atoms with Crippen molar-refractivity contribution in [2.75, 3.05) is 20.1 Å². The molecule has 1 saturated heterocycles. The van der Waals surface area contributed by atoms with E-state index in [9.17, 15) is 4.79 Å². The van der Waals surface area contributed by atoms with Gasteiger partial charge in [-0.15, -0.1) is 11.3 Å². The maximum atomic E-state index is 12.1. The van der Waals surface area contributed by atoms with Crippen molar-refractivity contribution in [1.29, 1.82) is 0 Å². The van der Waals surface area contributed by atoms with E-state index in [-0.39, 0.29) is 11.8 Å². The molecule has 1 atom stereocenters. The highest BCUT2D eigenvalue weighted by Crippen LogP contribution is 2.17. The maximum absolute atomic E-state index is 12.1. The van der Waals surface area contributed by atoms with E-state index < -0.39 is 0 Å². The summed E-state index contributed by atoms with van der Waals surface area (Å²) in [4.78, 5) is 19.2. The van der Waals surface area contributed by atoms with E-state index in [0.29, 0.717) is 6.54 Å². The number of nitrogens with zero attached hydrogens (tertiary/aromatic N) is 2. The molecule has 1 unspecified atom stereocenters. The highest BCUT2D eigenvalue weighted by atomic mass is 32.1. The molecule has 0 bridgehead atoms. The van der Waals surface area contributed by atoms with Gasteiger partial charge in [0, 0.05) is 18.5 Å². The summed E-state index contributed by atoms with van der Waals surface area (Å²) in [7, 11) is 1.87. The molecule has 1 aliphatic heterocycles. The van der Waals surface area contributed by atoms with Crippen molar-refractivity contribution < 1.29 is 4.79 Å². The number of carbonyl (C=O) groups excluding carboxylic acids is 1. The second kappa shape index (κ2) is 4.93. The SMILES string of the molecule is Cc1ncsc1CN(C)C(=O)C1CCNC1. The zero-order valence-corrected chi connectivity index (χ0v) is 10.5. The number of nitrogens with one attached hydrogen (secondary N) is 1. The number of carbonyl (C=O) groups is 1. The number of thiazole rings is 1. The average Bonchev–Trinajstić information content (AvgIpc) is 2.89. The van der Waals surface area contributed by atoms with Gasteiger partial charge in [0.2, 0.25) is 5.91 Å². The topological polar surface area (TPSA) is 45.2 Å². The molecule has 0 radical (unpaired) electrons. The van der Waals surface area contributed by atoms with Gasteiger partial charge in [0.15, 0.2) is 0 Å².